The number of hydrogen-bond acceptors (Lipinski definition) is 4. The van der Waals surface area contributed by atoms with Crippen LogP contribution in [0.25, 0.3) is 0 Å². The first kappa shape index (κ1) is 12.5. The minimum atomic E-state index is -1.55. The fourth-order valence-corrected chi connectivity index (χ4v) is 2.30. The van der Waals surface area contributed by atoms with Crippen molar-refractivity contribution in [1.29, 1.82) is 0 Å². The molecule has 2 unspecified atom stereocenters. The molecular formula is C12H19FN2O2. The van der Waals surface area contributed by atoms with Gasteiger partial charge in [-0.05, 0) is 37.3 Å². The minimum absolute atomic E-state index is 0.323. The van der Waals surface area contributed by atoms with Gasteiger partial charge in [0.15, 0.2) is 5.67 Å². The largest absolute Gasteiger partial charge is 0.481 e. The van der Waals surface area contributed by atoms with Crippen LogP contribution in [0.15, 0.2) is 17.1 Å². The third-order valence-electron chi connectivity index (χ3n) is 3.41. The van der Waals surface area contributed by atoms with E-state index in [1.54, 1.807) is 6.08 Å². The average molecular weight is 242 g/mol. The third-order valence-corrected chi connectivity index (χ3v) is 3.41. The van der Waals surface area contributed by atoms with Gasteiger partial charge in [0.05, 0.1) is 7.11 Å². The van der Waals surface area contributed by atoms with E-state index in [0.717, 1.165) is 12.8 Å². The zero-order valence-electron chi connectivity index (χ0n) is 10.1. The smallest absolute Gasteiger partial charge is 0.209 e. The number of hydrogen-bond donors (Lipinski definition) is 1. The molecule has 0 saturated carbocycles. The predicted octanol–water partition coefficient (Wildman–Crippen LogP) is 1.41. The highest BCUT2D eigenvalue weighted by atomic mass is 19.1. The molecule has 2 heterocycles. The Balaban J connectivity index is 1.99. The van der Waals surface area contributed by atoms with Gasteiger partial charge in [0.25, 0.3) is 0 Å². The first-order valence-corrected chi connectivity index (χ1v) is 5.97. The van der Waals surface area contributed by atoms with Crippen LogP contribution in [0, 0.1) is 5.92 Å². The molecule has 0 aromatic heterocycles. The standard InChI is InChI=1S/C12H19FN2O2/c1-16-10-2-5-12(13,11(14)15-10)8-9-3-6-17-7-4-9/h2,5,9,11H,3-4,6-8,14H2,1H3. The highest BCUT2D eigenvalue weighted by Crippen LogP contribution is 2.33. The Labute approximate surface area is 101 Å². The topological polar surface area (TPSA) is 56.8 Å². The van der Waals surface area contributed by atoms with Crippen LogP contribution in [0.4, 0.5) is 4.39 Å². The molecule has 2 atom stereocenters. The van der Waals surface area contributed by atoms with E-state index in [0.29, 0.717) is 31.5 Å². The van der Waals surface area contributed by atoms with Crippen molar-refractivity contribution >= 4 is 5.90 Å². The van der Waals surface area contributed by atoms with E-state index in [1.165, 1.54) is 13.2 Å². The van der Waals surface area contributed by atoms with Crippen molar-refractivity contribution in [3.05, 3.63) is 12.2 Å². The van der Waals surface area contributed by atoms with Gasteiger partial charge in [0.2, 0.25) is 5.90 Å². The Morgan fingerprint density at radius 2 is 2.29 bits per heavy atom. The molecule has 2 aliphatic rings. The van der Waals surface area contributed by atoms with Crippen LogP contribution in [0.2, 0.25) is 0 Å². The highest BCUT2D eigenvalue weighted by molar-refractivity contribution is 5.88. The van der Waals surface area contributed by atoms with Crippen molar-refractivity contribution in [2.75, 3.05) is 20.3 Å². The zero-order chi connectivity index (χ0) is 12.3. The molecule has 17 heavy (non-hydrogen) atoms. The molecule has 0 bridgehead atoms. The molecular weight excluding hydrogens is 223 g/mol. The van der Waals surface area contributed by atoms with E-state index >= 15 is 0 Å². The van der Waals surface area contributed by atoms with Gasteiger partial charge in [0, 0.05) is 13.2 Å². The summed E-state index contributed by atoms with van der Waals surface area (Å²) < 4.78 is 24.9. The van der Waals surface area contributed by atoms with E-state index in [-0.39, 0.29) is 0 Å². The molecule has 0 amide bonds. The number of halogens is 1. The summed E-state index contributed by atoms with van der Waals surface area (Å²) in [5, 5.41) is 0. The molecule has 0 aromatic carbocycles. The van der Waals surface area contributed by atoms with Gasteiger partial charge in [-0.3, -0.25) is 0 Å². The van der Waals surface area contributed by atoms with Crippen molar-refractivity contribution in [2.24, 2.45) is 16.6 Å². The number of ether oxygens (including phenoxy) is 2. The van der Waals surface area contributed by atoms with Gasteiger partial charge in [-0.25, -0.2) is 9.38 Å². The zero-order valence-corrected chi connectivity index (χ0v) is 10.1. The lowest BCUT2D eigenvalue weighted by Crippen LogP contribution is -2.46. The van der Waals surface area contributed by atoms with Crippen LogP contribution in [0.3, 0.4) is 0 Å². The van der Waals surface area contributed by atoms with Crippen molar-refractivity contribution in [2.45, 2.75) is 31.1 Å². The van der Waals surface area contributed by atoms with Crippen LogP contribution in [0.1, 0.15) is 19.3 Å². The average Bonchev–Trinajstić information content (AvgIpc) is 2.34. The van der Waals surface area contributed by atoms with E-state index in [9.17, 15) is 4.39 Å². The fraction of sp³-hybridized carbons (Fsp3) is 0.750. The Kier molecular flexibility index (Phi) is 3.79. The summed E-state index contributed by atoms with van der Waals surface area (Å²) in [6, 6.07) is 0. The Morgan fingerprint density at radius 3 is 2.88 bits per heavy atom. The Morgan fingerprint density at radius 1 is 1.59 bits per heavy atom. The summed E-state index contributed by atoms with van der Waals surface area (Å²) in [6.45, 7) is 1.43. The van der Waals surface area contributed by atoms with Gasteiger partial charge in [0.1, 0.15) is 6.17 Å². The van der Waals surface area contributed by atoms with Crippen LogP contribution >= 0.6 is 0 Å². The maximum absolute atomic E-state index is 14.6. The number of methoxy groups -OCH3 is 1. The molecule has 96 valence electrons. The lowest BCUT2D eigenvalue weighted by atomic mass is 9.84. The van der Waals surface area contributed by atoms with E-state index < -0.39 is 11.8 Å². The van der Waals surface area contributed by atoms with Gasteiger partial charge in [-0.1, -0.05) is 0 Å². The maximum Gasteiger partial charge on any atom is 0.209 e. The second kappa shape index (κ2) is 5.14. The summed E-state index contributed by atoms with van der Waals surface area (Å²) in [4.78, 5) is 4.00. The van der Waals surface area contributed by atoms with E-state index in [4.69, 9.17) is 15.2 Å². The summed E-state index contributed by atoms with van der Waals surface area (Å²) in [6.07, 6.45) is 4.38. The molecule has 0 radical (unpaired) electrons. The Bertz CT molecular complexity index is 326. The summed E-state index contributed by atoms with van der Waals surface area (Å²) >= 11 is 0. The minimum Gasteiger partial charge on any atom is -0.481 e. The first-order valence-electron chi connectivity index (χ1n) is 5.97. The second-order valence-corrected chi connectivity index (χ2v) is 4.64. The van der Waals surface area contributed by atoms with E-state index in [1.807, 2.05) is 0 Å². The van der Waals surface area contributed by atoms with Crippen molar-refractivity contribution in [3.8, 4) is 0 Å². The van der Waals surface area contributed by atoms with Crippen molar-refractivity contribution in [1.82, 2.24) is 0 Å². The maximum atomic E-state index is 14.6. The number of dihydropyridines is 1. The lowest BCUT2D eigenvalue weighted by molar-refractivity contribution is 0.0406. The second-order valence-electron chi connectivity index (χ2n) is 4.64. The monoisotopic (exact) mass is 242 g/mol. The van der Waals surface area contributed by atoms with E-state index in [2.05, 4.69) is 4.99 Å². The molecule has 4 nitrogen and oxygen atoms in total. The number of nitrogens with zero attached hydrogens (tertiary/aromatic N) is 1. The molecule has 2 N–H and O–H groups in total. The number of aliphatic imine (C=N–C) groups is 1. The predicted molar refractivity (Wildman–Crippen MR) is 63.6 cm³/mol. The molecule has 2 aliphatic heterocycles. The summed E-state index contributed by atoms with van der Waals surface area (Å²) in [7, 11) is 1.50. The van der Waals surface area contributed by atoms with Crippen LogP contribution in [-0.2, 0) is 9.47 Å². The van der Waals surface area contributed by atoms with Gasteiger partial charge in [-0.2, -0.15) is 0 Å². The highest BCUT2D eigenvalue weighted by Gasteiger charge is 2.39. The van der Waals surface area contributed by atoms with Gasteiger partial charge < -0.3 is 15.2 Å². The molecule has 0 spiro atoms. The molecule has 0 aliphatic carbocycles. The quantitative estimate of drug-likeness (QED) is 0.796. The molecule has 2 rings (SSSR count). The third kappa shape index (κ3) is 2.84. The van der Waals surface area contributed by atoms with Gasteiger partial charge >= 0.3 is 0 Å². The lowest BCUT2D eigenvalue weighted by Gasteiger charge is -2.33. The molecule has 1 saturated heterocycles. The number of alkyl halides is 1. The van der Waals surface area contributed by atoms with Crippen LogP contribution in [-0.4, -0.2) is 38.1 Å². The molecule has 1 fully saturated rings. The van der Waals surface area contributed by atoms with Crippen LogP contribution < -0.4 is 5.73 Å². The first-order chi connectivity index (χ1) is 8.14. The molecule has 5 heteroatoms. The van der Waals surface area contributed by atoms with Crippen molar-refractivity contribution in [3.63, 3.8) is 0 Å². The fourth-order valence-electron chi connectivity index (χ4n) is 2.30. The normalized spacial score (nSPS) is 34.5. The van der Waals surface area contributed by atoms with Crippen LogP contribution in [0.5, 0.6) is 0 Å². The molecule has 0 aromatic rings. The Hall–Kier alpha value is -0.940. The summed E-state index contributed by atoms with van der Waals surface area (Å²) in [5.74, 6) is 0.710. The number of rotatable bonds is 2. The summed E-state index contributed by atoms with van der Waals surface area (Å²) in [5.41, 5.74) is 4.22. The van der Waals surface area contributed by atoms with Crippen molar-refractivity contribution < 1.29 is 13.9 Å². The SMILES string of the molecule is COC1=NC(N)C(F)(CC2CCOCC2)C=C1. The van der Waals surface area contributed by atoms with Gasteiger partial charge in [-0.15, -0.1) is 0 Å². The number of nitrogens with two attached hydrogens (primary N) is 1.